The zero-order valence-electron chi connectivity index (χ0n) is 22.7. The quantitative estimate of drug-likeness (QED) is 0.200. The minimum absolute atomic E-state index is 0.106. The predicted octanol–water partition coefficient (Wildman–Crippen LogP) is 7.20. The number of hydrogen-bond donors (Lipinski definition) is 1. The zero-order valence-corrected chi connectivity index (χ0v) is 23.5. The van der Waals surface area contributed by atoms with Gasteiger partial charge in [0, 0.05) is 43.1 Å². The number of fused-ring (bicyclic) bond motifs is 1. The standard InChI is InChI=1S/C30H41N3O3S/c1-21(2)24-11-9-12-25(22(3)4)28(24)32-27(34)14-6-5-7-19-37-30-31-26-13-8-10-23(29(26)36-30)20-33-15-17-35-18-16-33/h8-13,21-22H,5-7,14-20H2,1-4H3,(H,32,34). The first kappa shape index (κ1) is 27.7. The molecule has 1 aliphatic rings. The summed E-state index contributed by atoms with van der Waals surface area (Å²) in [5.41, 5.74) is 6.44. The molecule has 0 bridgehead atoms. The number of benzene rings is 2. The number of morpholine rings is 1. The molecular weight excluding hydrogens is 482 g/mol. The summed E-state index contributed by atoms with van der Waals surface area (Å²) < 4.78 is 11.6. The van der Waals surface area contributed by atoms with E-state index in [1.807, 2.05) is 6.07 Å². The van der Waals surface area contributed by atoms with Gasteiger partial charge in [0.2, 0.25) is 5.91 Å². The van der Waals surface area contributed by atoms with Gasteiger partial charge >= 0.3 is 0 Å². The number of carbonyl (C=O) groups is 1. The van der Waals surface area contributed by atoms with Crippen molar-refractivity contribution in [2.24, 2.45) is 0 Å². The molecule has 1 aromatic heterocycles. The number of nitrogens with zero attached hydrogens (tertiary/aromatic N) is 2. The highest BCUT2D eigenvalue weighted by molar-refractivity contribution is 7.99. The van der Waals surface area contributed by atoms with Gasteiger partial charge in [-0.2, -0.15) is 0 Å². The van der Waals surface area contributed by atoms with Gasteiger partial charge in [-0.1, -0.05) is 76.2 Å². The molecule has 0 aliphatic carbocycles. The molecule has 0 saturated carbocycles. The van der Waals surface area contributed by atoms with Gasteiger partial charge in [-0.3, -0.25) is 9.69 Å². The molecule has 1 aliphatic heterocycles. The van der Waals surface area contributed by atoms with Crippen molar-refractivity contribution in [1.29, 1.82) is 0 Å². The van der Waals surface area contributed by atoms with Gasteiger partial charge in [0.25, 0.3) is 5.22 Å². The van der Waals surface area contributed by atoms with E-state index in [1.54, 1.807) is 11.8 Å². The molecule has 1 amide bonds. The van der Waals surface area contributed by atoms with Crippen molar-refractivity contribution in [3.63, 3.8) is 0 Å². The molecule has 0 spiro atoms. The Hall–Kier alpha value is -2.35. The monoisotopic (exact) mass is 523 g/mol. The number of anilines is 1. The Morgan fingerprint density at radius 2 is 1.70 bits per heavy atom. The van der Waals surface area contributed by atoms with Crippen LogP contribution in [-0.2, 0) is 16.1 Å². The highest BCUT2D eigenvalue weighted by atomic mass is 32.2. The highest BCUT2D eigenvalue weighted by Gasteiger charge is 2.17. The fourth-order valence-corrected chi connectivity index (χ4v) is 5.62. The van der Waals surface area contributed by atoms with E-state index in [-0.39, 0.29) is 5.91 Å². The van der Waals surface area contributed by atoms with Gasteiger partial charge in [0.1, 0.15) is 5.52 Å². The second kappa shape index (κ2) is 13.4. The summed E-state index contributed by atoms with van der Waals surface area (Å²) in [4.78, 5) is 19.8. The van der Waals surface area contributed by atoms with Crippen LogP contribution < -0.4 is 5.32 Å². The number of hydrogen-bond acceptors (Lipinski definition) is 6. The zero-order chi connectivity index (χ0) is 26.2. The van der Waals surface area contributed by atoms with Crippen LogP contribution in [0.5, 0.6) is 0 Å². The lowest BCUT2D eigenvalue weighted by Crippen LogP contribution is -2.35. The van der Waals surface area contributed by atoms with E-state index in [0.29, 0.717) is 18.3 Å². The largest absolute Gasteiger partial charge is 0.431 e. The second-order valence-corrected chi connectivity index (χ2v) is 11.5. The Bertz CT molecular complexity index is 1140. The molecule has 2 heterocycles. The number of para-hydroxylation sites is 2. The van der Waals surface area contributed by atoms with Crippen molar-refractivity contribution in [2.75, 3.05) is 37.4 Å². The third-order valence-corrected chi connectivity index (χ3v) is 7.80. The molecule has 3 aromatic rings. The van der Waals surface area contributed by atoms with Crippen molar-refractivity contribution < 1.29 is 13.9 Å². The van der Waals surface area contributed by atoms with E-state index in [4.69, 9.17) is 14.1 Å². The fourth-order valence-electron chi connectivity index (χ4n) is 4.79. The lowest BCUT2D eigenvalue weighted by molar-refractivity contribution is -0.116. The predicted molar refractivity (Wildman–Crippen MR) is 153 cm³/mol. The van der Waals surface area contributed by atoms with Crippen LogP contribution in [0.1, 0.15) is 81.9 Å². The van der Waals surface area contributed by atoms with Crippen molar-refractivity contribution in [3.05, 3.63) is 53.1 Å². The van der Waals surface area contributed by atoms with Crippen LogP contribution in [0.25, 0.3) is 11.1 Å². The fraction of sp³-hybridized carbons (Fsp3) is 0.533. The molecule has 0 radical (unpaired) electrons. The Balaban J connectivity index is 1.22. The molecule has 6 nitrogen and oxygen atoms in total. The van der Waals surface area contributed by atoms with E-state index in [0.717, 1.165) is 79.9 Å². The normalized spacial score (nSPS) is 14.6. The maximum atomic E-state index is 12.7. The number of ether oxygens (including phenoxy) is 1. The summed E-state index contributed by atoms with van der Waals surface area (Å²) in [6, 6.07) is 12.6. The summed E-state index contributed by atoms with van der Waals surface area (Å²) in [5.74, 6) is 1.78. The maximum absolute atomic E-state index is 12.7. The molecule has 4 rings (SSSR count). The first-order chi connectivity index (χ1) is 17.9. The Kier molecular flexibility index (Phi) is 10.1. The third kappa shape index (κ3) is 7.59. The van der Waals surface area contributed by atoms with Crippen LogP contribution in [0, 0.1) is 0 Å². The van der Waals surface area contributed by atoms with Crippen molar-refractivity contribution >= 4 is 34.5 Å². The van der Waals surface area contributed by atoms with Crippen LogP contribution >= 0.6 is 11.8 Å². The molecule has 1 N–H and O–H groups in total. The van der Waals surface area contributed by atoms with Crippen LogP contribution in [0.2, 0.25) is 0 Å². The molecule has 200 valence electrons. The summed E-state index contributed by atoms with van der Waals surface area (Å²) in [7, 11) is 0. The number of nitrogens with one attached hydrogen (secondary N) is 1. The highest BCUT2D eigenvalue weighted by Crippen LogP contribution is 2.33. The van der Waals surface area contributed by atoms with Gasteiger partial charge in [0.05, 0.1) is 13.2 Å². The summed E-state index contributed by atoms with van der Waals surface area (Å²) in [5, 5.41) is 3.96. The van der Waals surface area contributed by atoms with E-state index in [2.05, 4.69) is 68.2 Å². The topological polar surface area (TPSA) is 67.6 Å². The van der Waals surface area contributed by atoms with Crippen LogP contribution in [0.4, 0.5) is 5.69 Å². The van der Waals surface area contributed by atoms with E-state index in [1.165, 1.54) is 16.7 Å². The number of unbranched alkanes of at least 4 members (excludes halogenated alkanes) is 2. The van der Waals surface area contributed by atoms with Gasteiger partial charge < -0.3 is 14.5 Å². The molecule has 0 atom stereocenters. The van der Waals surface area contributed by atoms with Gasteiger partial charge in [0.15, 0.2) is 5.58 Å². The van der Waals surface area contributed by atoms with E-state index >= 15 is 0 Å². The van der Waals surface area contributed by atoms with Gasteiger partial charge in [-0.25, -0.2) is 4.98 Å². The first-order valence-corrected chi connectivity index (χ1v) is 14.6. The molecule has 2 aromatic carbocycles. The molecule has 7 heteroatoms. The number of carbonyl (C=O) groups excluding carboxylic acids is 1. The third-order valence-electron chi connectivity index (χ3n) is 6.89. The lowest BCUT2D eigenvalue weighted by atomic mass is 9.92. The number of amides is 1. The smallest absolute Gasteiger partial charge is 0.256 e. The summed E-state index contributed by atoms with van der Waals surface area (Å²) >= 11 is 1.66. The summed E-state index contributed by atoms with van der Waals surface area (Å²) in [6.07, 6.45) is 3.45. The number of thioether (sulfide) groups is 1. The average molecular weight is 524 g/mol. The minimum Gasteiger partial charge on any atom is -0.431 e. The van der Waals surface area contributed by atoms with Crippen molar-refractivity contribution in [2.45, 2.75) is 77.0 Å². The number of oxazole rings is 1. The average Bonchev–Trinajstić information content (AvgIpc) is 3.30. The van der Waals surface area contributed by atoms with Crippen molar-refractivity contribution in [3.8, 4) is 0 Å². The SMILES string of the molecule is CC(C)c1cccc(C(C)C)c1NC(=O)CCCCCSc1nc2cccc(CN3CCOCC3)c2o1. The molecule has 1 fully saturated rings. The van der Waals surface area contributed by atoms with Crippen molar-refractivity contribution in [1.82, 2.24) is 9.88 Å². The molecular formula is C30H41N3O3S. The molecule has 37 heavy (non-hydrogen) atoms. The van der Waals surface area contributed by atoms with E-state index < -0.39 is 0 Å². The number of aromatic nitrogens is 1. The van der Waals surface area contributed by atoms with E-state index in [9.17, 15) is 4.79 Å². The van der Waals surface area contributed by atoms with Crippen LogP contribution in [0.15, 0.2) is 46.0 Å². The first-order valence-electron chi connectivity index (χ1n) is 13.7. The molecule has 1 saturated heterocycles. The Morgan fingerprint density at radius 1 is 1.00 bits per heavy atom. The molecule has 0 unspecified atom stereocenters. The summed E-state index contributed by atoms with van der Waals surface area (Å²) in [6.45, 7) is 13.0. The van der Waals surface area contributed by atoms with Gasteiger partial charge in [-0.15, -0.1) is 0 Å². The minimum atomic E-state index is 0.106. The van der Waals surface area contributed by atoms with Gasteiger partial charge in [-0.05, 0) is 41.9 Å². The van der Waals surface area contributed by atoms with Crippen LogP contribution in [-0.4, -0.2) is 47.8 Å². The maximum Gasteiger partial charge on any atom is 0.256 e. The van der Waals surface area contributed by atoms with Crippen LogP contribution in [0.3, 0.4) is 0 Å². The Morgan fingerprint density at radius 3 is 2.41 bits per heavy atom. The second-order valence-electron chi connectivity index (χ2n) is 10.5. The number of rotatable bonds is 12. The Labute approximate surface area is 225 Å². The lowest BCUT2D eigenvalue weighted by Gasteiger charge is -2.26.